The quantitative estimate of drug-likeness (QED) is 0.763. The van der Waals surface area contributed by atoms with Crippen LogP contribution in [0.5, 0.6) is 5.75 Å². The van der Waals surface area contributed by atoms with Crippen molar-refractivity contribution in [1.29, 1.82) is 0 Å². The summed E-state index contributed by atoms with van der Waals surface area (Å²) in [6.45, 7) is 5.08. The molecule has 0 N–H and O–H groups in total. The van der Waals surface area contributed by atoms with Gasteiger partial charge < -0.3 is 4.74 Å². The van der Waals surface area contributed by atoms with Crippen molar-refractivity contribution in [2.24, 2.45) is 5.92 Å². The van der Waals surface area contributed by atoms with Gasteiger partial charge in [0.1, 0.15) is 5.75 Å². The van der Waals surface area contributed by atoms with Gasteiger partial charge in [0.25, 0.3) is 0 Å². The maximum absolute atomic E-state index is 5.67. The molecule has 0 spiro atoms. The zero-order valence-corrected chi connectivity index (χ0v) is 11.0. The van der Waals surface area contributed by atoms with Crippen LogP contribution in [0.15, 0.2) is 48.5 Å². The Hall–Kier alpha value is -1.76. The minimum Gasteiger partial charge on any atom is -0.493 e. The molecule has 18 heavy (non-hydrogen) atoms. The predicted molar refractivity (Wildman–Crippen MR) is 74.9 cm³/mol. The standard InChI is InChI=1S/C17H19O/c1-14(2)13-18-17-10-8-16(9-11-17)12-15-6-4-3-5-7-15/h3-4,6-11,14H,12-13H2,1-2H3. The van der Waals surface area contributed by atoms with E-state index < -0.39 is 0 Å². The number of rotatable bonds is 5. The Bertz CT molecular complexity index is 457. The summed E-state index contributed by atoms with van der Waals surface area (Å²) in [5.74, 6) is 1.51. The van der Waals surface area contributed by atoms with Crippen LogP contribution in [0, 0.1) is 12.0 Å². The van der Waals surface area contributed by atoms with E-state index in [9.17, 15) is 0 Å². The summed E-state index contributed by atoms with van der Waals surface area (Å²) in [4.78, 5) is 0. The fourth-order valence-electron chi connectivity index (χ4n) is 1.74. The van der Waals surface area contributed by atoms with Crippen LogP contribution in [-0.4, -0.2) is 6.61 Å². The molecular weight excluding hydrogens is 220 g/mol. The van der Waals surface area contributed by atoms with Crippen LogP contribution in [0.2, 0.25) is 0 Å². The normalized spacial score (nSPS) is 10.6. The van der Waals surface area contributed by atoms with Crippen molar-refractivity contribution >= 4 is 0 Å². The lowest BCUT2D eigenvalue weighted by molar-refractivity contribution is 0.271. The molecular formula is C17H19O. The molecule has 0 atom stereocenters. The van der Waals surface area contributed by atoms with E-state index in [2.05, 4.69) is 38.1 Å². The van der Waals surface area contributed by atoms with E-state index in [4.69, 9.17) is 4.74 Å². The van der Waals surface area contributed by atoms with Gasteiger partial charge in [0, 0.05) is 0 Å². The van der Waals surface area contributed by atoms with Gasteiger partial charge >= 0.3 is 0 Å². The molecule has 0 fully saturated rings. The van der Waals surface area contributed by atoms with Crippen molar-refractivity contribution in [2.45, 2.75) is 20.3 Å². The molecule has 0 bridgehead atoms. The SMILES string of the molecule is CC(C)COc1ccc(Cc2c[c]ccc2)cc1. The highest BCUT2D eigenvalue weighted by Crippen LogP contribution is 2.15. The predicted octanol–water partition coefficient (Wildman–Crippen LogP) is 4.11. The molecule has 93 valence electrons. The van der Waals surface area contributed by atoms with E-state index in [0.29, 0.717) is 5.92 Å². The number of hydrogen-bond donors (Lipinski definition) is 0. The molecule has 0 aliphatic heterocycles. The molecule has 0 aliphatic carbocycles. The molecule has 0 saturated carbocycles. The third-order valence-corrected chi connectivity index (χ3v) is 2.69. The van der Waals surface area contributed by atoms with Crippen LogP contribution in [0.4, 0.5) is 0 Å². The molecule has 0 unspecified atom stereocenters. The molecule has 0 amide bonds. The Kier molecular flexibility index (Phi) is 4.40. The second-order valence-corrected chi connectivity index (χ2v) is 4.94. The lowest BCUT2D eigenvalue weighted by Gasteiger charge is -2.09. The molecule has 2 aromatic rings. The minimum atomic E-state index is 0.560. The zero-order valence-electron chi connectivity index (χ0n) is 11.0. The monoisotopic (exact) mass is 239 g/mol. The smallest absolute Gasteiger partial charge is 0.119 e. The van der Waals surface area contributed by atoms with Crippen molar-refractivity contribution < 1.29 is 4.74 Å². The Labute approximate surface area is 109 Å². The van der Waals surface area contributed by atoms with E-state index >= 15 is 0 Å². The van der Waals surface area contributed by atoms with Crippen molar-refractivity contribution in [3.63, 3.8) is 0 Å². The highest BCUT2D eigenvalue weighted by molar-refractivity contribution is 5.31. The largest absolute Gasteiger partial charge is 0.493 e. The fourth-order valence-corrected chi connectivity index (χ4v) is 1.74. The zero-order chi connectivity index (χ0) is 12.8. The van der Waals surface area contributed by atoms with Crippen LogP contribution in [-0.2, 0) is 6.42 Å². The van der Waals surface area contributed by atoms with E-state index in [0.717, 1.165) is 18.8 Å². The van der Waals surface area contributed by atoms with E-state index in [-0.39, 0.29) is 0 Å². The molecule has 0 heterocycles. The molecule has 1 nitrogen and oxygen atoms in total. The fraction of sp³-hybridized carbons (Fsp3) is 0.294. The maximum Gasteiger partial charge on any atom is 0.119 e. The average molecular weight is 239 g/mol. The van der Waals surface area contributed by atoms with Crippen molar-refractivity contribution in [3.05, 3.63) is 65.7 Å². The Morgan fingerprint density at radius 2 is 1.83 bits per heavy atom. The Morgan fingerprint density at radius 3 is 2.44 bits per heavy atom. The number of ether oxygens (including phenoxy) is 1. The third kappa shape index (κ3) is 3.92. The summed E-state index contributed by atoms with van der Waals surface area (Å²) in [5.41, 5.74) is 2.58. The van der Waals surface area contributed by atoms with Gasteiger partial charge in [0.05, 0.1) is 6.61 Å². The van der Waals surface area contributed by atoms with Crippen molar-refractivity contribution in [3.8, 4) is 5.75 Å². The third-order valence-electron chi connectivity index (χ3n) is 2.69. The summed E-state index contributed by atoms with van der Waals surface area (Å²) < 4.78 is 5.67. The van der Waals surface area contributed by atoms with Gasteiger partial charge in [-0.1, -0.05) is 50.2 Å². The van der Waals surface area contributed by atoms with Crippen molar-refractivity contribution in [2.75, 3.05) is 6.61 Å². The first kappa shape index (κ1) is 12.7. The number of benzene rings is 2. The lowest BCUT2D eigenvalue weighted by Crippen LogP contribution is -2.04. The van der Waals surface area contributed by atoms with Gasteiger partial charge in [-0.05, 0) is 41.7 Å². The Balaban J connectivity index is 1.95. The molecule has 0 aliphatic rings. The molecule has 0 saturated heterocycles. The van der Waals surface area contributed by atoms with E-state index in [1.165, 1.54) is 11.1 Å². The van der Waals surface area contributed by atoms with Gasteiger partial charge in [-0.3, -0.25) is 0 Å². The molecule has 2 aromatic carbocycles. The summed E-state index contributed by atoms with van der Waals surface area (Å²) in [5, 5.41) is 0. The first-order valence-electron chi connectivity index (χ1n) is 6.41. The first-order chi connectivity index (χ1) is 8.74. The summed E-state index contributed by atoms with van der Waals surface area (Å²) in [6.07, 6.45) is 0.946. The van der Waals surface area contributed by atoms with Gasteiger partial charge in [-0.25, -0.2) is 0 Å². The number of hydrogen-bond acceptors (Lipinski definition) is 1. The Morgan fingerprint density at radius 1 is 1.06 bits per heavy atom. The molecule has 0 aromatic heterocycles. The summed E-state index contributed by atoms with van der Waals surface area (Å²) in [6, 6.07) is 19.5. The molecule has 1 heteroatoms. The van der Waals surface area contributed by atoms with Crippen LogP contribution in [0.3, 0.4) is 0 Å². The lowest BCUT2D eigenvalue weighted by atomic mass is 10.1. The second-order valence-electron chi connectivity index (χ2n) is 4.94. The maximum atomic E-state index is 5.67. The molecule has 2 rings (SSSR count). The van der Waals surface area contributed by atoms with Gasteiger partial charge in [0.2, 0.25) is 0 Å². The summed E-state index contributed by atoms with van der Waals surface area (Å²) in [7, 11) is 0. The van der Waals surface area contributed by atoms with Crippen LogP contribution < -0.4 is 4.74 Å². The van der Waals surface area contributed by atoms with Gasteiger partial charge in [-0.2, -0.15) is 0 Å². The topological polar surface area (TPSA) is 9.23 Å². The average Bonchev–Trinajstić information content (AvgIpc) is 2.39. The van der Waals surface area contributed by atoms with Crippen LogP contribution in [0.1, 0.15) is 25.0 Å². The van der Waals surface area contributed by atoms with Crippen LogP contribution in [0.25, 0.3) is 0 Å². The highest BCUT2D eigenvalue weighted by atomic mass is 16.5. The van der Waals surface area contributed by atoms with Crippen molar-refractivity contribution in [1.82, 2.24) is 0 Å². The minimum absolute atomic E-state index is 0.560. The van der Waals surface area contributed by atoms with Gasteiger partial charge in [-0.15, -0.1) is 0 Å². The summed E-state index contributed by atoms with van der Waals surface area (Å²) >= 11 is 0. The highest BCUT2D eigenvalue weighted by Gasteiger charge is 1.99. The van der Waals surface area contributed by atoms with E-state index in [1.54, 1.807) is 0 Å². The molecule has 1 radical (unpaired) electrons. The van der Waals surface area contributed by atoms with Crippen LogP contribution >= 0.6 is 0 Å². The van der Waals surface area contributed by atoms with E-state index in [1.807, 2.05) is 30.3 Å². The van der Waals surface area contributed by atoms with Gasteiger partial charge in [0.15, 0.2) is 0 Å². The second kappa shape index (κ2) is 6.25. The first-order valence-corrected chi connectivity index (χ1v) is 6.41.